The number of fused-ring (bicyclic) bond motifs is 1. The Hall–Kier alpha value is -0.960. The highest BCUT2D eigenvalue weighted by atomic mass is 35.5. The summed E-state index contributed by atoms with van der Waals surface area (Å²) in [6.45, 7) is 0.764. The third-order valence-corrected chi connectivity index (χ3v) is 7.96. The van der Waals surface area contributed by atoms with Gasteiger partial charge in [-0.15, -0.1) is 0 Å². The number of nitrogens with zero attached hydrogens (tertiary/aromatic N) is 1. The van der Waals surface area contributed by atoms with Crippen molar-refractivity contribution in [3.8, 4) is 0 Å². The molecule has 1 aliphatic heterocycles. The lowest BCUT2D eigenvalue weighted by Gasteiger charge is -2.35. The van der Waals surface area contributed by atoms with Gasteiger partial charge in [0.05, 0.1) is 17.1 Å². The van der Waals surface area contributed by atoms with Gasteiger partial charge in [0.15, 0.2) is 0 Å². The molecule has 0 aliphatic carbocycles. The van der Waals surface area contributed by atoms with E-state index in [-0.39, 0.29) is 30.1 Å². The number of benzene rings is 2. The summed E-state index contributed by atoms with van der Waals surface area (Å²) in [4.78, 5) is 20.0. The van der Waals surface area contributed by atoms with Crippen LogP contribution in [0.2, 0.25) is 10.0 Å². The number of rotatable bonds is 7. The van der Waals surface area contributed by atoms with Crippen LogP contribution in [-0.2, 0) is 21.0 Å². The number of sulfonamides is 1. The zero-order valence-corrected chi connectivity index (χ0v) is 19.5. The maximum absolute atomic E-state index is 12.4. The summed E-state index contributed by atoms with van der Waals surface area (Å²) < 4.78 is 38.1. The highest BCUT2D eigenvalue weighted by Gasteiger charge is 2.29. The van der Waals surface area contributed by atoms with Gasteiger partial charge in [-0.05, 0) is 60.8 Å². The first-order valence-corrected chi connectivity index (χ1v) is 13.3. The van der Waals surface area contributed by atoms with E-state index in [1.807, 2.05) is 13.1 Å². The van der Waals surface area contributed by atoms with Gasteiger partial charge in [0.25, 0.3) is 0 Å². The largest absolute Gasteiger partial charge is 0.325 e. The zero-order chi connectivity index (χ0) is 22.1. The Morgan fingerprint density at radius 1 is 1.20 bits per heavy atom. The summed E-state index contributed by atoms with van der Waals surface area (Å²) in [6, 6.07) is 10.1. The number of halogens is 2. The normalized spacial score (nSPS) is 17.7. The van der Waals surface area contributed by atoms with Crippen molar-refractivity contribution in [2.45, 2.75) is 23.8 Å². The second-order valence-corrected chi connectivity index (χ2v) is 11.7. The van der Waals surface area contributed by atoms with Crippen molar-refractivity contribution in [3.05, 3.63) is 63.1 Å². The monoisotopic (exact) mass is 492 g/mol. The third-order valence-electron chi connectivity index (χ3n) is 5.05. The van der Waals surface area contributed by atoms with E-state index in [1.165, 1.54) is 12.1 Å². The van der Waals surface area contributed by atoms with Crippen LogP contribution in [0.1, 0.15) is 29.2 Å². The lowest BCUT2D eigenvalue weighted by molar-refractivity contribution is 0.265. The van der Waals surface area contributed by atoms with E-state index in [2.05, 4.69) is 9.62 Å². The van der Waals surface area contributed by atoms with Crippen molar-refractivity contribution in [1.29, 1.82) is 0 Å². The SMILES string of the molecule is CN1CCc2cc(Cl)cc(Cl)c2C1c1ccc(S(=O)(=O)NCCCP(=O)(O)O)cc1. The molecule has 1 heterocycles. The topological polar surface area (TPSA) is 107 Å². The van der Waals surface area contributed by atoms with Crippen LogP contribution in [0.3, 0.4) is 0 Å². The maximum atomic E-state index is 12.4. The lowest BCUT2D eigenvalue weighted by Crippen LogP contribution is -2.33. The van der Waals surface area contributed by atoms with Crippen LogP contribution in [0.15, 0.2) is 41.3 Å². The molecular weight excluding hydrogens is 470 g/mol. The van der Waals surface area contributed by atoms with Crippen LogP contribution in [0.4, 0.5) is 0 Å². The Morgan fingerprint density at radius 3 is 2.50 bits per heavy atom. The molecule has 11 heteroatoms. The minimum atomic E-state index is -4.14. The van der Waals surface area contributed by atoms with Crippen LogP contribution in [-0.4, -0.2) is 49.4 Å². The van der Waals surface area contributed by atoms with Gasteiger partial charge >= 0.3 is 7.60 Å². The zero-order valence-electron chi connectivity index (χ0n) is 16.3. The van der Waals surface area contributed by atoms with Crippen LogP contribution in [0.25, 0.3) is 0 Å². The van der Waals surface area contributed by atoms with E-state index in [0.717, 1.165) is 29.7 Å². The number of hydrogen-bond acceptors (Lipinski definition) is 4. The molecule has 1 atom stereocenters. The molecule has 2 aromatic carbocycles. The van der Waals surface area contributed by atoms with Gasteiger partial charge in [-0.1, -0.05) is 35.3 Å². The van der Waals surface area contributed by atoms with Gasteiger partial charge in [0.1, 0.15) is 0 Å². The molecule has 1 unspecified atom stereocenters. The summed E-state index contributed by atoms with van der Waals surface area (Å²) in [5.74, 6) is 0. The Bertz CT molecular complexity index is 1070. The average molecular weight is 493 g/mol. The molecule has 0 aromatic heterocycles. The molecule has 0 bridgehead atoms. The van der Waals surface area contributed by atoms with E-state index in [9.17, 15) is 13.0 Å². The molecule has 3 rings (SSSR count). The first kappa shape index (κ1) is 23.7. The number of hydrogen-bond donors (Lipinski definition) is 3. The summed E-state index contributed by atoms with van der Waals surface area (Å²) in [5, 5.41) is 1.17. The van der Waals surface area contributed by atoms with Crippen molar-refractivity contribution in [2.75, 3.05) is 26.3 Å². The van der Waals surface area contributed by atoms with E-state index < -0.39 is 17.6 Å². The predicted molar refractivity (Wildman–Crippen MR) is 118 cm³/mol. The predicted octanol–water partition coefficient (Wildman–Crippen LogP) is 3.42. The van der Waals surface area contributed by atoms with Crippen molar-refractivity contribution in [1.82, 2.24) is 9.62 Å². The van der Waals surface area contributed by atoms with Crippen molar-refractivity contribution in [2.24, 2.45) is 0 Å². The minimum absolute atomic E-state index is 0.0479. The fourth-order valence-electron chi connectivity index (χ4n) is 3.62. The van der Waals surface area contributed by atoms with Crippen LogP contribution in [0, 0.1) is 0 Å². The molecule has 2 aromatic rings. The molecule has 1 aliphatic rings. The fourth-order valence-corrected chi connectivity index (χ4v) is 5.91. The summed E-state index contributed by atoms with van der Waals surface area (Å²) in [5.41, 5.74) is 2.96. The van der Waals surface area contributed by atoms with Crippen molar-refractivity contribution >= 4 is 40.8 Å². The Balaban J connectivity index is 1.80. The van der Waals surface area contributed by atoms with Gasteiger partial charge in [-0.2, -0.15) is 0 Å². The molecule has 3 N–H and O–H groups in total. The van der Waals surface area contributed by atoms with Crippen LogP contribution < -0.4 is 4.72 Å². The average Bonchev–Trinajstić information content (AvgIpc) is 2.65. The first-order chi connectivity index (χ1) is 14.0. The summed E-state index contributed by atoms with van der Waals surface area (Å²) in [6.07, 6.45) is 0.507. The van der Waals surface area contributed by atoms with Crippen molar-refractivity contribution in [3.63, 3.8) is 0 Å². The summed E-state index contributed by atoms with van der Waals surface area (Å²) >= 11 is 12.6. The minimum Gasteiger partial charge on any atom is -0.324 e. The molecule has 0 saturated carbocycles. The van der Waals surface area contributed by atoms with Gasteiger partial charge in [-0.25, -0.2) is 13.1 Å². The highest BCUT2D eigenvalue weighted by molar-refractivity contribution is 7.89. The smallest absolute Gasteiger partial charge is 0.324 e. The maximum Gasteiger partial charge on any atom is 0.325 e. The molecule has 0 spiro atoms. The molecule has 0 radical (unpaired) electrons. The molecule has 0 saturated heterocycles. The standard InChI is InChI=1S/C19H23Cl2N2O5PS/c1-23-9-7-14-11-15(20)12-17(21)18(14)19(23)13-3-5-16(6-4-13)30(27,28)22-8-2-10-29(24,25)26/h3-6,11-12,19,22H,2,7-10H2,1H3,(H2,24,25,26). The number of likely N-dealkylation sites (N-methyl/N-ethyl adjacent to an activating group) is 1. The van der Waals surface area contributed by atoms with Crippen LogP contribution in [0.5, 0.6) is 0 Å². The Morgan fingerprint density at radius 2 is 1.87 bits per heavy atom. The Labute approximate surface area is 186 Å². The third kappa shape index (κ3) is 5.64. The van der Waals surface area contributed by atoms with E-state index in [0.29, 0.717) is 10.0 Å². The van der Waals surface area contributed by atoms with Gasteiger partial charge in [0.2, 0.25) is 10.0 Å². The van der Waals surface area contributed by atoms with Gasteiger partial charge < -0.3 is 9.79 Å². The fraction of sp³-hybridized carbons (Fsp3) is 0.368. The number of nitrogens with one attached hydrogen (secondary N) is 1. The van der Waals surface area contributed by atoms with Crippen molar-refractivity contribution < 1.29 is 22.8 Å². The molecule has 7 nitrogen and oxygen atoms in total. The Kier molecular flexibility index (Phi) is 7.32. The second-order valence-electron chi connectivity index (χ2n) is 7.30. The second kappa shape index (κ2) is 9.27. The summed E-state index contributed by atoms with van der Waals surface area (Å²) in [7, 11) is -5.92. The quantitative estimate of drug-likeness (QED) is 0.403. The lowest BCUT2D eigenvalue weighted by atomic mass is 9.88. The van der Waals surface area contributed by atoms with E-state index >= 15 is 0 Å². The highest BCUT2D eigenvalue weighted by Crippen LogP contribution is 2.40. The molecule has 0 amide bonds. The molecule has 164 valence electrons. The van der Waals surface area contributed by atoms with E-state index in [1.54, 1.807) is 18.2 Å². The molecular formula is C19H23Cl2N2O5PS. The van der Waals surface area contributed by atoms with Crippen LogP contribution >= 0.6 is 30.8 Å². The first-order valence-electron chi connectivity index (χ1n) is 9.30. The molecule has 30 heavy (non-hydrogen) atoms. The van der Waals surface area contributed by atoms with E-state index in [4.69, 9.17) is 33.0 Å². The van der Waals surface area contributed by atoms with Gasteiger partial charge in [-0.3, -0.25) is 9.46 Å². The molecule has 0 fully saturated rings. The van der Waals surface area contributed by atoms with Gasteiger partial charge in [0, 0.05) is 23.1 Å².